The summed E-state index contributed by atoms with van der Waals surface area (Å²) in [5.41, 5.74) is 7.79. The standard InChI is InChI=1S/C16H22FN3S/c1-12-19-15(10-21-12)9-20(3)16(2,11-18)8-13-5-4-6-14(17)7-13/h4-7,10H,8-9,11,18H2,1-3H3. The van der Waals surface area contributed by atoms with E-state index >= 15 is 0 Å². The van der Waals surface area contributed by atoms with E-state index in [1.807, 2.05) is 20.0 Å². The lowest BCUT2D eigenvalue weighted by Gasteiger charge is -2.38. The summed E-state index contributed by atoms with van der Waals surface area (Å²) in [4.78, 5) is 6.70. The number of nitrogens with zero attached hydrogens (tertiary/aromatic N) is 2. The number of nitrogens with two attached hydrogens (primary N) is 1. The number of hydrogen-bond donors (Lipinski definition) is 1. The number of halogens is 1. The van der Waals surface area contributed by atoms with Crippen molar-refractivity contribution in [1.82, 2.24) is 9.88 Å². The lowest BCUT2D eigenvalue weighted by molar-refractivity contribution is 0.134. The molecule has 0 aliphatic heterocycles. The highest BCUT2D eigenvalue weighted by molar-refractivity contribution is 7.09. The van der Waals surface area contributed by atoms with Crippen molar-refractivity contribution in [3.05, 3.63) is 51.7 Å². The van der Waals surface area contributed by atoms with Crippen LogP contribution in [-0.2, 0) is 13.0 Å². The zero-order chi connectivity index (χ0) is 15.5. The third kappa shape index (κ3) is 4.09. The number of likely N-dealkylation sites (N-methyl/N-ethyl adjacent to an activating group) is 1. The van der Waals surface area contributed by atoms with Crippen molar-refractivity contribution < 1.29 is 4.39 Å². The summed E-state index contributed by atoms with van der Waals surface area (Å²) in [6.07, 6.45) is 0.709. The van der Waals surface area contributed by atoms with E-state index < -0.39 is 0 Å². The van der Waals surface area contributed by atoms with E-state index in [4.69, 9.17) is 5.73 Å². The summed E-state index contributed by atoms with van der Waals surface area (Å²) in [5.74, 6) is -0.204. The second-order valence-electron chi connectivity index (χ2n) is 5.72. The molecule has 1 unspecified atom stereocenters. The van der Waals surface area contributed by atoms with Gasteiger partial charge in [0.1, 0.15) is 5.82 Å². The molecule has 0 fully saturated rings. The molecule has 0 amide bonds. The smallest absolute Gasteiger partial charge is 0.123 e. The van der Waals surface area contributed by atoms with Gasteiger partial charge in [-0.15, -0.1) is 11.3 Å². The monoisotopic (exact) mass is 307 g/mol. The van der Waals surface area contributed by atoms with E-state index in [1.54, 1.807) is 23.5 Å². The van der Waals surface area contributed by atoms with Gasteiger partial charge in [-0.3, -0.25) is 4.90 Å². The normalized spacial score (nSPS) is 14.4. The van der Waals surface area contributed by atoms with Crippen LogP contribution >= 0.6 is 11.3 Å². The minimum absolute atomic E-state index is 0.204. The molecular weight excluding hydrogens is 285 g/mol. The van der Waals surface area contributed by atoms with Gasteiger partial charge in [-0.1, -0.05) is 12.1 Å². The van der Waals surface area contributed by atoms with Gasteiger partial charge in [0.25, 0.3) is 0 Å². The molecule has 2 aromatic rings. The van der Waals surface area contributed by atoms with Gasteiger partial charge >= 0.3 is 0 Å². The Morgan fingerprint density at radius 2 is 2.19 bits per heavy atom. The third-order valence-electron chi connectivity index (χ3n) is 3.90. The predicted molar refractivity (Wildman–Crippen MR) is 85.9 cm³/mol. The maximum absolute atomic E-state index is 13.3. The summed E-state index contributed by atoms with van der Waals surface area (Å²) in [6.45, 7) is 5.36. The fraction of sp³-hybridized carbons (Fsp3) is 0.438. The molecule has 0 saturated heterocycles. The molecule has 1 atom stereocenters. The quantitative estimate of drug-likeness (QED) is 0.892. The molecule has 0 radical (unpaired) electrons. The maximum Gasteiger partial charge on any atom is 0.123 e. The van der Waals surface area contributed by atoms with Crippen LogP contribution in [0.3, 0.4) is 0 Å². The van der Waals surface area contributed by atoms with Gasteiger partial charge in [0, 0.05) is 24.0 Å². The molecule has 1 aromatic carbocycles. The van der Waals surface area contributed by atoms with Crippen molar-refractivity contribution in [2.45, 2.75) is 32.4 Å². The highest BCUT2D eigenvalue weighted by atomic mass is 32.1. The molecule has 0 bridgehead atoms. The van der Waals surface area contributed by atoms with E-state index in [-0.39, 0.29) is 11.4 Å². The van der Waals surface area contributed by atoms with E-state index in [1.165, 1.54) is 6.07 Å². The first kappa shape index (κ1) is 16.1. The Hall–Kier alpha value is -1.30. The van der Waals surface area contributed by atoms with Gasteiger partial charge in [0.2, 0.25) is 0 Å². The first-order valence-electron chi connectivity index (χ1n) is 7.00. The van der Waals surface area contributed by atoms with E-state index in [2.05, 4.69) is 22.2 Å². The van der Waals surface area contributed by atoms with Crippen molar-refractivity contribution in [1.29, 1.82) is 0 Å². The molecule has 2 rings (SSSR count). The zero-order valence-corrected chi connectivity index (χ0v) is 13.6. The highest BCUT2D eigenvalue weighted by Gasteiger charge is 2.28. The Kier molecular flexibility index (Phi) is 5.08. The Morgan fingerprint density at radius 1 is 1.43 bits per heavy atom. The molecule has 21 heavy (non-hydrogen) atoms. The molecule has 2 N–H and O–H groups in total. The summed E-state index contributed by atoms with van der Waals surface area (Å²) in [6, 6.07) is 6.73. The molecule has 0 aliphatic rings. The Morgan fingerprint density at radius 3 is 2.76 bits per heavy atom. The molecule has 0 aliphatic carbocycles. The van der Waals surface area contributed by atoms with Crippen LogP contribution in [0.25, 0.3) is 0 Å². The van der Waals surface area contributed by atoms with Crippen LogP contribution in [0.15, 0.2) is 29.6 Å². The molecule has 5 heteroatoms. The highest BCUT2D eigenvalue weighted by Crippen LogP contribution is 2.22. The fourth-order valence-corrected chi connectivity index (χ4v) is 2.97. The van der Waals surface area contributed by atoms with Gasteiger partial charge in [-0.2, -0.15) is 0 Å². The van der Waals surface area contributed by atoms with Crippen molar-refractivity contribution >= 4 is 11.3 Å². The van der Waals surface area contributed by atoms with Crippen molar-refractivity contribution in [2.75, 3.05) is 13.6 Å². The number of rotatable bonds is 6. The van der Waals surface area contributed by atoms with Crippen LogP contribution in [0, 0.1) is 12.7 Å². The van der Waals surface area contributed by atoms with Gasteiger partial charge < -0.3 is 5.73 Å². The number of benzene rings is 1. The molecule has 0 saturated carbocycles. The van der Waals surface area contributed by atoms with Crippen molar-refractivity contribution in [3.63, 3.8) is 0 Å². The Bertz CT molecular complexity index is 599. The number of thiazole rings is 1. The third-order valence-corrected chi connectivity index (χ3v) is 4.72. The summed E-state index contributed by atoms with van der Waals surface area (Å²) in [7, 11) is 2.04. The molecule has 1 heterocycles. The summed E-state index contributed by atoms with van der Waals surface area (Å²) < 4.78 is 13.3. The first-order chi connectivity index (χ1) is 9.93. The average Bonchev–Trinajstić information content (AvgIpc) is 2.84. The van der Waals surface area contributed by atoms with Gasteiger partial charge in [-0.25, -0.2) is 9.37 Å². The van der Waals surface area contributed by atoms with Crippen molar-refractivity contribution in [2.24, 2.45) is 5.73 Å². The lowest BCUT2D eigenvalue weighted by Crippen LogP contribution is -2.51. The second-order valence-corrected chi connectivity index (χ2v) is 6.78. The van der Waals surface area contributed by atoms with Crippen LogP contribution in [0.1, 0.15) is 23.2 Å². The van der Waals surface area contributed by atoms with Gasteiger partial charge in [0.05, 0.1) is 10.7 Å². The van der Waals surface area contributed by atoms with Crippen molar-refractivity contribution in [3.8, 4) is 0 Å². The van der Waals surface area contributed by atoms with Gasteiger partial charge in [0.15, 0.2) is 0 Å². The lowest BCUT2D eigenvalue weighted by atomic mass is 9.91. The molecule has 1 aromatic heterocycles. The fourth-order valence-electron chi connectivity index (χ4n) is 2.36. The minimum atomic E-state index is -0.231. The molecule has 0 spiro atoms. The molecule has 3 nitrogen and oxygen atoms in total. The zero-order valence-electron chi connectivity index (χ0n) is 12.8. The molecular formula is C16H22FN3S. The van der Waals surface area contributed by atoms with Crippen LogP contribution < -0.4 is 5.73 Å². The Labute approximate surface area is 129 Å². The number of aryl methyl sites for hydroxylation is 1. The summed E-state index contributed by atoms with van der Waals surface area (Å²) >= 11 is 1.65. The van der Waals surface area contributed by atoms with Crippen LogP contribution in [0.4, 0.5) is 4.39 Å². The number of aromatic nitrogens is 1. The topological polar surface area (TPSA) is 42.2 Å². The largest absolute Gasteiger partial charge is 0.329 e. The van der Waals surface area contributed by atoms with E-state index in [0.717, 1.165) is 22.8 Å². The second kappa shape index (κ2) is 6.64. The van der Waals surface area contributed by atoms with E-state index in [0.29, 0.717) is 13.0 Å². The summed E-state index contributed by atoms with van der Waals surface area (Å²) in [5, 5.41) is 3.14. The van der Waals surface area contributed by atoms with E-state index in [9.17, 15) is 4.39 Å². The molecule has 114 valence electrons. The first-order valence-corrected chi connectivity index (χ1v) is 7.88. The SMILES string of the molecule is Cc1nc(CN(C)C(C)(CN)Cc2cccc(F)c2)cs1. The Balaban J connectivity index is 2.11. The predicted octanol–water partition coefficient (Wildman–Crippen LogP) is 2.98. The maximum atomic E-state index is 13.3. The minimum Gasteiger partial charge on any atom is -0.329 e. The average molecular weight is 307 g/mol. The van der Waals surface area contributed by atoms with Crippen LogP contribution in [-0.4, -0.2) is 29.0 Å². The van der Waals surface area contributed by atoms with Crippen LogP contribution in [0.5, 0.6) is 0 Å². The van der Waals surface area contributed by atoms with Gasteiger partial charge in [-0.05, 0) is 45.0 Å². The van der Waals surface area contributed by atoms with Crippen LogP contribution in [0.2, 0.25) is 0 Å². The number of hydrogen-bond acceptors (Lipinski definition) is 4.